The van der Waals surface area contributed by atoms with Gasteiger partial charge in [0.1, 0.15) is 11.5 Å². The third-order valence-electron chi connectivity index (χ3n) is 2.30. The van der Waals surface area contributed by atoms with Gasteiger partial charge in [-0.25, -0.2) is 0 Å². The first-order chi connectivity index (χ1) is 8.15. The van der Waals surface area contributed by atoms with Crippen LogP contribution in [0.25, 0.3) is 10.8 Å². The molecule has 0 unspecified atom stereocenters. The van der Waals surface area contributed by atoms with Crippen LogP contribution < -0.4 is 0 Å². The van der Waals surface area contributed by atoms with Crippen molar-refractivity contribution in [2.75, 3.05) is 0 Å². The van der Waals surface area contributed by atoms with Crippen molar-refractivity contribution in [2.24, 2.45) is 0 Å². The molecular formula is C13H11O3S. The van der Waals surface area contributed by atoms with Crippen LogP contribution in [0.15, 0.2) is 60.0 Å². The van der Waals surface area contributed by atoms with E-state index >= 15 is 0 Å². The Morgan fingerprint density at radius 3 is 2.53 bits per heavy atom. The van der Waals surface area contributed by atoms with E-state index in [9.17, 15) is 8.42 Å². The molecule has 1 radical (unpaired) electrons. The lowest BCUT2D eigenvalue weighted by atomic mass is 10.1. The normalized spacial score (nSPS) is 11.5. The van der Waals surface area contributed by atoms with Crippen LogP contribution in [0.3, 0.4) is 0 Å². The highest BCUT2D eigenvalue weighted by Crippen LogP contribution is 2.24. The van der Waals surface area contributed by atoms with Gasteiger partial charge in [0.25, 0.3) is 10.1 Å². The van der Waals surface area contributed by atoms with Crippen molar-refractivity contribution in [2.45, 2.75) is 4.90 Å². The van der Waals surface area contributed by atoms with Gasteiger partial charge in [0, 0.05) is 5.39 Å². The fourth-order valence-corrected chi connectivity index (χ4v) is 2.61. The Kier molecular flexibility index (Phi) is 3.26. The quantitative estimate of drug-likeness (QED) is 0.780. The summed E-state index contributed by atoms with van der Waals surface area (Å²) >= 11 is 0. The topological polar surface area (TPSA) is 43.4 Å². The summed E-state index contributed by atoms with van der Waals surface area (Å²) in [6, 6.07) is 12.3. The summed E-state index contributed by atoms with van der Waals surface area (Å²) in [5, 5.41) is 1.50. The van der Waals surface area contributed by atoms with Crippen molar-refractivity contribution in [3.63, 3.8) is 0 Å². The lowest BCUT2D eigenvalue weighted by Gasteiger charge is -2.06. The fourth-order valence-electron chi connectivity index (χ4n) is 1.58. The van der Waals surface area contributed by atoms with Gasteiger partial charge in [-0.1, -0.05) is 42.5 Å². The number of hydrogen-bond acceptors (Lipinski definition) is 3. The smallest absolute Gasteiger partial charge is 0.256 e. The van der Waals surface area contributed by atoms with Gasteiger partial charge in [-0.05, 0) is 11.5 Å². The highest BCUT2D eigenvalue weighted by atomic mass is 32.2. The zero-order valence-corrected chi connectivity index (χ0v) is 9.85. The van der Waals surface area contributed by atoms with Gasteiger partial charge in [-0.3, -0.25) is 4.18 Å². The van der Waals surface area contributed by atoms with Gasteiger partial charge in [0.15, 0.2) is 0 Å². The van der Waals surface area contributed by atoms with E-state index in [0.717, 1.165) is 12.0 Å². The Morgan fingerprint density at radius 2 is 1.76 bits per heavy atom. The van der Waals surface area contributed by atoms with E-state index in [1.165, 1.54) is 12.1 Å². The van der Waals surface area contributed by atoms with Gasteiger partial charge in [0.05, 0.1) is 0 Å². The molecule has 0 fully saturated rings. The monoisotopic (exact) mass is 247 g/mol. The van der Waals surface area contributed by atoms with E-state index < -0.39 is 10.1 Å². The lowest BCUT2D eigenvalue weighted by Crippen LogP contribution is -2.04. The molecule has 0 heterocycles. The molecule has 2 aromatic carbocycles. The summed E-state index contributed by atoms with van der Waals surface area (Å²) in [6.07, 6.45) is 1.28. The molecule has 0 amide bonds. The first-order valence-electron chi connectivity index (χ1n) is 5.00. The Balaban J connectivity index is 2.59. The van der Waals surface area contributed by atoms with Crippen molar-refractivity contribution in [3.05, 3.63) is 61.7 Å². The molecule has 2 rings (SSSR count). The first kappa shape index (κ1) is 11.8. The Bertz CT molecular complexity index is 639. The predicted molar refractivity (Wildman–Crippen MR) is 66.7 cm³/mol. The molecule has 0 atom stereocenters. The SMILES string of the molecule is C=C[CH]OS(=O)(=O)c1cccc2ccccc12. The molecule has 0 N–H and O–H groups in total. The highest BCUT2D eigenvalue weighted by Gasteiger charge is 2.17. The van der Waals surface area contributed by atoms with Crippen LogP contribution in [0.1, 0.15) is 0 Å². The second kappa shape index (κ2) is 4.69. The van der Waals surface area contributed by atoms with E-state index in [0.29, 0.717) is 5.39 Å². The summed E-state index contributed by atoms with van der Waals surface area (Å²) in [7, 11) is -3.78. The standard InChI is InChI=1S/C13H11O3S/c1-2-10-16-17(14,15)13-9-5-7-11-6-3-4-8-12(11)13/h2-10H,1H2. The average Bonchev–Trinajstić information content (AvgIpc) is 2.36. The Labute approximate surface area is 100 Å². The second-order valence-corrected chi connectivity index (χ2v) is 4.94. The van der Waals surface area contributed by atoms with Crippen molar-refractivity contribution < 1.29 is 12.6 Å². The Morgan fingerprint density at radius 1 is 1.06 bits per heavy atom. The zero-order valence-electron chi connectivity index (χ0n) is 9.04. The van der Waals surface area contributed by atoms with Gasteiger partial charge >= 0.3 is 0 Å². The largest absolute Gasteiger partial charge is 0.298 e. The van der Waals surface area contributed by atoms with E-state index in [4.69, 9.17) is 4.18 Å². The third kappa shape index (κ3) is 2.38. The molecule has 17 heavy (non-hydrogen) atoms. The molecule has 0 saturated carbocycles. The fraction of sp³-hybridized carbons (Fsp3) is 0. The van der Waals surface area contributed by atoms with E-state index in [2.05, 4.69) is 6.58 Å². The van der Waals surface area contributed by atoms with Crippen molar-refractivity contribution in [3.8, 4) is 0 Å². The van der Waals surface area contributed by atoms with E-state index in [1.807, 2.05) is 18.2 Å². The molecule has 87 valence electrons. The number of rotatable bonds is 4. The van der Waals surface area contributed by atoms with Crippen molar-refractivity contribution in [1.29, 1.82) is 0 Å². The summed E-state index contributed by atoms with van der Waals surface area (Å²) in [6.45, 7) is 4.43. The maximum Gasteiger partial charge on any atom is 0.298 e. The maximum absolute atomic E-state index is 11.9. The van der Waals surface area contributed by atoms with E-state index in [1.54, 1.807) is 18.2 Å². The molecule has 0 aliphatic carbocycles. The molecular weight excluding hydrogens is 236 g/mol. The van der Waals surface area contributed by atoms with Gasteiger partial charge in [-0.2, -0.15) is 8.42 Å². The molecule has 0 aliphatic heterocycles. The number of benzene rings is 2. The van der Waals surface area contributed by atoms with Gasteiger partial charge in [0.2, 0.25) is 0 Å². The van der Waals surface area contributed by atoms with Crippen LogP contribution in [-0.2, 0) is 14.3 Å². The summed E-state index contributed by atoms with van der Waals surface area (Å²) in [5.74, 6) is 0. The molecule has 2 aromatic rings. The van der Waals surface area contributed by atoms with Crippen LogP contribution >= 0.6 is 0 Å². The predicted octanol–water partition coefficient (Wildman–Crippen LogP) is 2.89. The zero-order chi connectivity index (χ0) is 12.3. The molecule has 3 nitrogen and oxygen atoms in total. The second-order valence-electron chi connectivity index (χ2n) is 3.40. The molecule has 0 aliphatic rings. The summed E-state index contributed by atoms with van der Waals surface area (Å²) in [4.78, 5) is 0.161. The third-order valence-corrected chi connectivity index (χ3v) is 3.56. The molecule has 0 bridgehead atoms. The van der Waals surface area contributed by atoms with Crippen LogP contribution in [0, 0.1) is 6.61 Å². The molecule has 0 saturated heterocycles. The van der Waals surface area contributed by atoms with Crippen LogP contribution in [0.4, 0.5) is 0 Å². The lowest BCUT2D eigenvalue weighted by molar-refractivity contribution is 0.413. The molecule has 0 aromatic heterocycles. The molecule has 4 heteroatoms. The number of hydrogen-bond donors (Lipinski definition) is 0. The average molecular weight is 247 g/mol. The van der Waals surface area contributed by atoms with Crippen molar-refractivity contribution >= 4 is 20.9 Å². The van der Waals surface area contributed by atoms with Gasteiger partial charge in [-0.15, -0.1) is 6.58 Å². The minimum absolute atomic E-state index is 0.161. The maximum atomic E-state index is 11.9. The minimum Gasteiger partial charge on any atom is -0.256 e. The van der Waals surface area contributed by atoms with E-state index in [-0.39, 0.29) is 4.90 Å². The summed E-state index contributed by atoms with van der Waals surface area (Å²) < 4.78 is 28.5. The van der Waals surface area contributed by atoms with Crippen molar-refractivity contribution in [1.82, 2.24) is 0 Å². The minimum atomic E-state index is -3.78. The summed E-state index contributed by atoms with van der Waals surface area (Å²) in [5.41, 5.74) is 0. The van der Waals surface area contributed by atoms with Gasteiger partial charge < -0.3 is 0 Å². The van der Waals surface area contributed by atoms with Crippen LogP contribution in [0.2, 0.25) is 0 Å². The highest BCUT2D eigenvalue weighted by molar-refractivity contribution is 7.87. The number of fused-ring (bicyclic) bond motifs is 1. The van der Waals surface area contributed by atoms with Crippen LogP contribution in [0.5, 0.6) is 0 Å². The first-order valence-corrected chi connectivity index (χ1v) is 6.41. The Hall–Kier alpha value is -1.65. The van der Waals surface area contributed by atoms with Crippen LogP contribution in [-0.4, -0.2) is 8.42 Å². The molecule has 0 spiro atoms.